The standard InChI is InChI=1S/C21H27NO4/c1-5-24-20-14-16(15-22-23)6-11-19(20)26-13-12-25-18-9-7-17(8-10-18)21(2,3)4/h6-11,14-15,23H,5,12-13H2,1-4H3. The lowest BCUT2D eigenvalue weighted by molar-refractivity contribution is 0.208. The van der Waals surface area contributed by atoms with Gasteiger partial charge in [-0.05, 0) is 48.2 Å². The number of nitrogens with zero attached hydrogens (tertiary/aromatic N) is 1. The molecule has 2 aromatic carbocycles. The summed E-state index contributed by atoms with van der Waals surface area (Å²) in [6.07, 6.45) is 1.34. The zero-order chi connectivity index (χ0) is 19.0. The van der Waals surface area contributed by atoms with Crippen LogP contribution in [0, 0.1) is 0 Å². The maximum Gasteiger partial charge on any atom is 0.161 e. The third-order valence-corrected chi connectivity index (χ3v) is 3.80. The van der Waals surface area contributed by atoms with Crippen molar-refractivity contribution in [1.29, 1.82) is 0 Å². The summed E-state index contributed by atoms with van der Waals surface area (Å²) in [6, 6.07) is 13.5. The monoisotopic (exact) mass is 357 g/mol. The van der Waals surface area contributed by atoms with Gasteiger partial charge in [-0.25, -0.2) is 0 Å². The Balaban J connectivity index is 1.89. The molecule has 2 aromatic rings. The molecule has 140 valence electrons. The van der Waals surface area contributed by atoms with Crippen LogP contribution < -0.4 is 14.2 Å². The molecule has 0 aromatic heterocycles. The van der Waals surface area contributed by atoms with Gasteiger partial charge in [0.25, 0.3) is 0 Å². The molecule has 0 amide bonds. The largest absolute Gasteiger partial charge is 0.490 e. The summed E-state index contributed by atoms with van der Waals surface area (Å²) in [5.74, 6) is 2.06. The van der Waals surface area contributed by atoms with Gasteiger partial charge in [0.05, 0.1) is 12.8 Å². The van der Waals surface area contributed by atoms with Gasteiger partial charge in [0.15, 0.2) is 11.5 Å². The maximum atomic E-state index is 8.63. The number of rotatable bonds is 8. The van der Waals surface area contributed by atoms with E-state index in [0.717, 1.165) is 11.3 Å². The summed E-state index contributed by atoms with van der Waals surface area (Å²) < 4.78 is 17.1. The fourth-order valence-corrected chi connectivity index (χ4v) is 2.42. The molecule has 5 heteroatoms. The Labute approximate surface area is 155 Å². The van der Waals surface area contributed by atoms with E-state index < -0.39 is 0 Å². The molecule has 5 nitrogen and oxygen atoms in total. The summed E-state index contributed by atoms with van der Waals surface area (Å²) in [5.41, 5.74) is 2.14. The van der Waals surface area contributed by atoms with E-state index in [2.05, 4.69) is 38.1 Å². The molecular formula is C21H27NO4. The van der Waals surface area contributed by atoms with Crippen LogP contribution in [0.1, 0.15) is 38.8 Å². The molecule has 0 aliphatic heterocycles. The predicted octanol–water partition coefficient (Wildman–Crippen LogP) is 4.65. The molecule has 0 aliphatic carbocycles. The average Bonchev–Trinajstić information content (AvgIpc) is 2.60. The van der Waals surface area contributed by atoms with Gasteiger partial charge in [-0.15, -0.1) is 0 Å². The summed E-state index contributed by atoms with van der Waals surface area (Å²) in [6.45, 7) is 9.81. The van der Waals surface area contributed by atoms with Crippen molar-refractivity contribution in [3.05, 3.63) is 53.6 Å². The third kappa shape index (κ3) is 5.69. The molecule has 1 N–H and O–H groups in total. The van der Waals surface area contributed by atoms with E-state index in [9.17, 15) is 0 Å². The lowest BCUT2D eigenvalue weighted by Crippen LogP contribution is -2.12. The zero-order valence-electron chi connectivity index (χ0n) is 15.9. The molecule has 0 saturated carbocycles. The van der Waals surface area contributed by atoms with Gasteiger partial charge in [-0.2, -0.15) is 0 Å². The van der Waals surface area contributed by atoms with Crippen LogP contribution in [0.4, 0.5) is 0 Å². The smallest absolute Gasteiger partial charge is 0.161 e. The molecule has 0 spiro atoms. The summed E-state index contributed by atoms with van der Waals surface area (Å²) in [5, 5.41) is 11.7. The van der Waals surface area contributed by atoms with E-state index in [1.807, 2.05) is 19.1 Å². The van der Waals surface area contributed by atoms with Crippen molar-refractivity contribution in [3.63, 3.8) is 0 Å². The van der Waals surface area contributed by atoms with E-state index >= 15 is 0 Å². The van der Waals surface area contributed by atoms with Crippen LogP contribution in [-0.2, 0) is 5.41 Å². The van der Waals surface area contributed by atoms with Gasteiger partial charge in [-0.1, -0.05) is 38.1 Å². The maximum absolute atomic E-state index is 8.63. The topological polar surface area (TPSA) is 60.3 Å². The van der Waals surface area contributed by atoms with Crippen molar-refractivity contribution < 1.29 is 19.4 Å². The van der Waals surface area contributed by atoms with E-state index in [0.29, 0.717) is 31.3 Å². The highest BCUT2D eigenvalue weighted by Gasteiger charge is 2.13. The third-order valence-electron chi connectivity index (χ3n) is 3.80. The van der Waals surface area contributed by atoms with Crippen molar-refractivity contribution in [1.82, 2.24) is 0 Å². The highest BCUT2D eigenvalue weighted by Crippen LogP contribution is 2.28. The van der Waals surface area contributed by atoms with Crippen LogP contribution in [0.2, 0.25) is 0 Å². The number of hydrogen-bond acceptors (Lipinski definition) is 5. The van der Waals surface area contributed by atoms with Crippen molar-refractivity contribution in [3.8, 4) is 17.2 Å². The molecule has 0 aliphatic rings. The van der Waals surface area contributed by atoms with E-state index in [1.54, 1.807) is 18.2 Å². The van der Waals surface area contributed by atoms with Crippen molar-refractivity contribution in [2.45, 2.75) is 33.1 Å². The van der Waals surface area contributed by atoms with Gasteiger partial charge >= 0.3 is 0 Å². The van der Waals surface area contributed by atoms with E-state index in [4.69, 9.17) is 19.4 Å². The molecule has 0 bridgehead atoms. The van der Waals surface area contributed by atoms with Crippen LogP contribution in [0.15, 0.2) is 47.6 Å². The van der Waals surface area contributed by atoms with Crippen LogP contribution in [0.25, 0.3) is 0 Å². The van der Waals surface area contributed by atoms with Crippen molar-refractivity contribution in [2.24, 2.45) is 5.16 Å². The van der Waals surface area contributed by atoms with Gasteiger partial charge < -0.3 is 19.4 Å². The van der Waals surface area contributed by atoms with Crippen LogP contribution in [0.5, 0.6) is 17.2 Å². The first-order chi connectivity index (χ1) is 12.4. The Bertz CT molecular complexity index is 718. The summed E-state index contributed by atoms with van der Waals surface area (Å²) in [4.78, 5) is 0. The first kappa shape index (κ1) is 19.6. The lowest BCUT2D eigenvalue weighted by atomic mass is 9.87. The second kappa shape index (κ2) is 9.13. The SMILES string of the molecule is CCOc1cc(C=NO)ccc1OCCOc1ccc(C(C)(C)C)cc1. The van der Waals surface area contributed by atoms with Crippen molar-refractivity contribution >= 4 is 6.21 Å². The fourth-order valence-electron chi connectivity index (χ4n) is 2.42. The molecule has 0 heterocycles. The Morgan fingerprint density at radius 1 is 0.923 bits per heavy atom. The Hall–Kier alpha value is -2.69. The second-order valence-corrected chi connectivity index (χ2v) is 6.86. The molecule has 26 heavy (non-hydrogen) atoms. The molecule has 2 rings (SSSR count). The first-order valence-electron chi connectivity index (χ1n) is 8.74. The zero-order valence-corrected chi connectivity index (χ0v) is 15.9. The Kier molecular flexibility index (Phi) is 6.89. The van der Waals surface area contributed by atoms with Crippen molar-refractivity contribution in [2.75, 3.05) is 19.8 Å². The molecule has 0 unspecified atom stereocenters. The second-order valence-electron chi connectivity index (χ2n) is 6.86. The minimum absolute atomic E-state index is 0.129. The van der Waals surface area contributed by atoms with Gasteiger partial charge in [-0.3, -0.25) is 0 Å². The molecular weight excluding hydrogens is 330 g/mol. The molecule has 0 radical (unpaired) electrons. The molecule has 0 atom stereocenters. The van der Waals surface area contributed by atoms with Crippen LogP contribution >= 0.6 is 0 Å². The highest BCUT2D eigenvalue weighted by molar-refractivity contribution is 5.80. The van der Waals surface area contributed by atoms with E-state index in [1.165, 1.54) is 11.8 Å². The normalized spacial score (nSPS) is 11.5. The number of benzene rings is 2. The van der Waals surface area contributed by atoms with Gasteiger partial charge in [0.2, 0.25) is 0 Å². The Morgan fingerprint density at radius 3 is 2.23 bits per heavy atom. The first-order valence-corrected chi connectivity index (χ1v) is 8.74. The van der Waals surface area contributed by atoms with Gasteiger partial charge in [0.1, 0.15) is 19.0 Å². The summed E-state index contributed by atoms with van der Waals surface area (Å²) in [7, 11) is 0. The molecule has 0 saturated heterocycles. The van der Waals surface area contributed by atoms with E-state index in [-0.39, 0.29) is 5.41 Å². The fraction of sp³-hybridized carbons (Fsp3) is 0.381. The number of oxime groups is 1. The van der Waals surface area contributed by atoms with Gasteiger partial charge in [0, 0.05) is 5.56 Å². The number of hydrogen-bond donors (Lipinski definition) is 1. The van der Waals surface area contributed by atoms with Crippen LogP contribution in [0.3, 0.4) is 0 Å². The lowest BCUT2D eigenvalue weighted by Gasteiger charge is -2.19. The predicted molar refractivity (Wildman–Crippen MR) is 103 cm³/mol. The quantitative estimate of drug-likeness (QED) is 0.323. The van der Waals surface area contributed by atoms with Crippen LogP contribution in [-0.4, -0.2) is 31.2 Å². The summed E-state index contributed by atoms with van der Waals surface area (Å²) >= 11 is 0. The highest BCUT2D eigenvalue weighted by atomic mass is 16.5. The minimum Gasteiger partial charge on any atom is -0.490 e. The number of ether oxygens (including phenoxy) is 3. The minimum atomic E-state index is 0.129. The average molecular weight is 357 g/mol. The Morgan fingerprint density at radius 2 is 1.62 bits per heavy atom. The molecule has 0 fully saturated rings.